The lowest BCUT2D eigenvalue weighted by Gasteiger charge is -2.33. The highest BCUT2D eigenvalue weighted by Crippen LogP contribution is 2.33. The summed E-state index contributed by atoms with van der Waals surface area (Å²) >= 11 is 0. The molecule has 8 nitrogen and oxygen atoms in total. The molecule has 0 radical (unpaired) electrons. The van der Waals surface area contributed by atoms with Gasteiger partial charge in [0.15, 0.2) is 0 Å². The van der Waals surface area contributed by atoms with Gasteiger partial charge in [0, 0.05) is 79.2 Å². The van der Waals surface area contributed by atoms with Crippen molar-refractivity contribution in [1.82, 2.24) is 30.4 Å². The fourth-order valence-electron chi connectivity index (χ4n) is 6.48. The van der Waals surface area contributed by atoms with Crippen molar-refractivity contribution < 1.29 is 4.79 Å². The van der Waals surface area contributed by atoms with Gasteiger partial charge in [-0.05, 0) is 79.6 Å². The summed E-state index contributed by atoms with van der Waals surface area (Å²) in [6.45, 7) is 15.4. The van der Waals surface area contributed by atoms with Crippen molar-refractivity contribution in [2.45, 2.75) is 72.9 Å². The van der Waals surface area contributed by atoms with E-state index in [1.54, 1.807) is 0 Å². The molecule has 8 heteroatoms. The number of nitrogens with one attached hydrogen (secondary N) is 4. The fourth-order valence-corrected chi connectivity index (χ4v) is 6.48. The summed E-state index contributed by atoms with van der Waals surface area (Å²) in [5.74, 6) is 0.998. The average molecular weight is 571 g/mol. The van der Waals surface area contributed by atoms with Gasteiger partial charge in [0.1, 0.15) is 5.82 Å². The minimum Gasteiger partial charge on any atom is -0.368 e. The number of nitrogens with zero attached hydrogens (tertiary/aromatic N) is 2. The first-order valence-electron chi connectivity index (χ1n) is 15.6. The maximum atomic E-state index is 14.0. The molecule has 0 spiro atoms. The van der Waals surface area contributed by atoms with Gasteiger partial charge in [-0.25, -0.2) is 0 Å². The van der Waals surface area contributed by atoms with E-state index in [1.165, 1.54) is 0 Å². The van der Waals surface area contributed by atoms with Crippen LogP contribution >= 0.6 is 0 Å². The Kier molecular flexibility index (Phi) is 9.21. The Hall–Kier alpha value is -3.78. The van der Waals surface area contributed by atoms with E-state index in [2.05, 4.69) is 82.5 Å². The van der Waals surface area contributed by atoms with Crippen LogP contribution in [0.3, 0.4) is 0 Å². The van der Waals surface area contributed by atoms with E-state index in [0.29, 0.717) is 23.7 Å². The van der Waals surface area contributed by atoms with Gasteiger partial charge in [-0.15, -0.1) is 0 Å². The van der Waals surface area contributed by atoms with Crippen LogP contribution in [-0.4, -0.2) is 53.1 Å². The molecule has 1 aromatic carbocycles. The maximum absolute atomic E-state index is 14.0. The van der Waals surface area contributed by atoms with Gasteiger partial charge in [-0.3, -0.25) is 9.59 Å². The molecular weight excluding hydrogens is 524 g/mol. The number of benzene rings is 1. The number of carbonyl (C=O) groups is 1. The van der Waals surface area contributed by atoms with Crippen LogP contribution in [0.1, 0.15) is 84.4 Å². The Bertz CT molecular complexity index is 1570. The summed E-state index contributed by atoms with van der Waals surface area (Å²) in [6, 6.07) is 6.66. The first kappa shape index (κ1) is 29.7. The smallest absolute Gasteiger partial charge is 0.253 e. The van der Waals surface area contributed by atoms with Crippen LogP contribution in [0.5, 0.6) is 0 Å². The van der Waals surface area contributed by atoms with Crippen LogP contribution in [0.15, 0.2) is 47.2 Å². The highest BCUT2D eigenvalue weighted by molar-refractivity contribution is 6.09. The first-order valence-corrected chi connectivity index (χ1v) is 15.6. The average Bonchev–Trinajstić information content (AvgIpc) is 3.33. The van der Waals surface area contributed by atoms with E-state index in [0.717, 1.165) is 96.5 Å². The lowest BCUT2D eigenvalue weighted by Crippen LogP contribution is -2.46. The molecule has 42 heavy (non-hydrogen) atoms. The number of aryl methyl sites for hydroxylation is 3. The standard InChI is InChI=1S/C34H46N6O2/c1-6-9-24-16-23(5)38-34(42)29(24)20-37-33(41)28-17-26(18-30-32(28)22(4)21-40(30)27(7-2)8-3)25-10-11-31(36-19-25)39-14-12-35-13-15-39/h10-11,16-18,21,27,35-36H,6-9,12-15,19-20H2,1-5H3,(H,37,41)(H,38,42). The predicted molar refractivity (Wildman–Crippen MR) is 172 cm³/mol. The van der Waals surface area contributed by atoms with Crippen LogP contribution in [0.2, 0.25) is 0 Å². The zero-order chi connectivity index (χ0) is 29.8. The number of H-pyrrole nitrogens is 1. The summed E-state index contributed by atoms with van der Waals surface area (Å²) in [5.41, 5.74) is 7.38. The van der Waals surface area contributed by atoms with Gasteiger partial charge in [0.2, 0.25) is 0 Å². The first-order chi connectivity index (χ1) is 20.3. The highest BCUT2D eigenvalue weighted by Gasteiger charge is 2.22. The Balaban J connectivity index is 1.54. The zero-order valence-electron chi connectivity index (χ0n) is 25.8. The van der Waals surface area contributed by atoms with E-state index in [9.17, 15) is 9.59 Å². The van der Waals surface area contributed by atoms with Gasteiger partial charge < -0.3 is 30.4 Å². The molecule has 5 rings (SSSR count). The van der Waals surface area contributed by atoms with E-state index < -0.39 is 0 Å². The van der Waals surface area contributed by atoms with Gasteiger partial charge in [-0.2, -0.15) is 0 Å². The molecule has 0 saturated carbocycles. The number of piperazine rings is 1. The van der Waals surface area contributed by atoms with Crippen molar-refractivity contribution in [3.63, 3.8) is 0 Å². The van der Waals surface area contributed by atoms with Crippen LogP contribution in [0.25, 0.3) is 16.5 Å². The normalized spacial score (nSPS) is 15.5. The van der Waals surface area contributed by atoms with Gasteiger partial charge in [0.25, 0.3) is 11.5 Å². The largest absolute Gasteiger partial charge is 0.368 e. The number of pyridine rings is 1. The SMILES string of the molecule is CCCc1cc(C)[nH]c(=O)c1CNC(=O)c1cc(C2=CC=C(N3CCNCC3)NC2)cc2c1c(C)cn2C(CC)CC. The summed E-state index contributed by atoms with van der Waals surface area (Å²) < 4.78 is 2.35. The maximum Gasteiger partial charge on any atom is 0.253 e. The third kappa shape index (κ3) is 6.04. The molecule has 0 aliphatic carbocycles. The van der Waals surface area contributed by atoms with Crippen LogP contribution in [0, 0.1) is 13.8 Å². The van der Waals surface area contributed by atoms with E-state index >= 15 is 0 Å². The summed E-state index contributed by atoms with van der Waals surface area (Å²) in [5, 5.41) is 11.1. The van der Waals surface area contributed by atoms with Gasteiger partial charge in [-0.1, -0.05) is 33.3 Å². The van der Waals surface area contributed by atoms with E-state index in [-0.39, 0.29) is 18.0 Å². The number of hydrogen-bond acceptors (Lipinski definition) is 5. The Morgan fingerprint density at radius 3 is 2.48 bits per heavy atom. The molecule has 2 aliphatic heterocycles. The summed E-state index contributed by atoms with van der Waals surface area (Å²) in [7, 11) is 0. The second kappa shape index (κ2) is 13.0. The molecule has 3 aromatic rings. The van der Waals surface area contributed by atoms with Gasteiger partial charge >= 0.3 is 0 Å². The quantitative estimate of drug-likeness (QED) is 0.278. The van der Waals surface area contributed by atoms with Crippen LogP contribution < -0.4 is 21.5 Å². The summed E-state index contributed by atoms with van der Waals surface area (Å²) in [6.07, 6.45) is 10.3. The predicted octanol–water partition coefficient (Wildman–Crippen LogP) is 4.92. The molecule has 1 saturated heterocycles. The van der Waals surface area contributed by atoms with Crippen molar-refractivity contribution in [2.24, 2.45) is 0 Å². The number of fused-ring (bicyclic) bond motifs is 1. The third-order valence-corrected chi connectivity index (χ3v) is 8.74. The number of hydrogen-bond donors (Lipinski definition) is 4. The van der Waals surface area contributed by atoms with Crippen molar-refractivity contribution in [3.05, 3.63) is 86.2 Å². The second-order valence-electron chi connectivity index (χ2n) is 11.7. The fraction of sp³-hybridized carbons (Fsp3) is 0.471. The number of rotatable bonds is 10. The Morgan fingerprint density at radius 2 is 1.81 bits per heavy atom. The number of aromatic amines is 1. The van der Waals surface area contributed by atoms with Gasteiger partial charge in [0.05, 0.1) is 0 Å². The minimum absolute atomic E-state index is 0.126. The number of dihydropyridines is 1. The molecule has 0 unspecified atom stereocenters. The van der Waals surface area contributed by atoms with E-state index in [1.807, 2.05) is 19.1 Å². The molecule has 4 heterocycles. The van der Waals surface area contributed by atoms with Crippen molar-refractivity contribution in [1.29, 1.82) is 0 Å². The highest BCUT2D eigenvalue weighted by atomic mass is 16.1. The number of amides is 1. The molecule has 1 amide bonds. The molecule has 1 fully saturated rings. The molecule has 224 valence electrons. The molecular formula is C34H46N6O2. The topological polar surface area (TPSA) is 94.2 Å². The Labute approximate surface area is 249 Å². The Morgan fingerprint density at radius 1 is 1.05 bits per heavy atom. The lowest BCUT2D eigenvalue weighted by atomic mass is 9.96. The van der Waals surface area contributed by atoms with Crippen molar-refractivity contribution in [3.8, 4) is 0 Å². The third-order valence-electron chi connectivity index (χ3n) is 8.74. The molecule has 0 bridgehead atoms. The van der Waals surface area contributed by atoms with Crippen LogP contribution in [-0.2, 0) is 13.0 Å². The zero-order valence-corrected chi connectivity index (χ0v) is 25.8. The van der Waals surface area contributed by atoms with Crippen molar-refractivity contribution in [2.75, 3.05) is 32.7 Å². The second-order valence-corrected chi connectivity index (χ2v) is 11.7. The summed E-state index contributed by atoms with van der Waals surface area (Å²) in [4.78, 5) is 32.1. The van der Waals surface area contributed by atoms with Crippen molar-refractivity contribution >= 4 is 22.4 Å². The number of allylic oxidation sites excluding steroid dienone is 2. The molecule has 2 aliphatic rings. The molecule has 2 aromatic heterocycles. The molecule has 4 N–H and O–H groups in total. The minimum atomic E-state index is -0.156. The lowest BCUT2D eigenvalue weighted by molar-refractivity contribution is 0.0952. The van der Waals surface area contributed by atoms with E-state index in [4.69, 9.17) is 0 Å². The monoisotopic (exact) mass is 570 g/mol. The number of carbonyl (C=O) groups excluding carboxylic acids is 1. The number of aromatic nitrogens is 2. The van der Waals surface area contributed by atoms with Crippen LogP contribution in [0.4, 0.5) is 0 Å². The molecule has 0 atom stereocenters.